The first kappa shape index (κ1) is 17.7. The third kappa shape index (κ3) is 2.59. The summed E-state index contributed by atoms with van der Waals surface area (Å²) in [5.41, 5.74) is -0.239. The zero-order valence-corrected chi connectivity index (χ0v) is 15.6. The zero-order valence-electron chi connectivity index (χ0n) is 14.0. The summed E-state index contributed by atoms with van der Waals surface area (Å²) in [5.74, 6) is -1.67. The number of carbonyl (C=O) groups is 1. The van der Waals surface area contributed by atoms with Gasteiger partial charge in [-0.3, -0.25) is 9.08 Å². The highest BCUT2D eigenvalue weighted by molar-refractivity contribution is 7.95. The van der Waals surface area contributed by atoms with Gasteiger partial charge in [0.15, 0.2) is 17.2 Å². The number of para-hydroxylation sites is 1. The number of hydrogen-bond donors (Lipinski definition) is 1. The summed E-state index contributed by atoms with van der Waals surface area (Å²) in [7, 11) is -10.3. The van der Waals surface area contributed by atoms with E-state index in [9.17, 15) is 26.7 Å². The van der Waals surface area contributed by atoms with Crippen LogP contribution in [-0.2, 0) is 24.4 Å². The number of hydrogen-bond acceptors (Lipinski definition) is 10. The fourth-order valence-corrected chi connectivity index (χ4v) is 4.89. The Morgan fingerprint density at radius 3 is 2.48 bits per heavy atom. The van der Waals surface area contributed by atoms with Crippen LogP contribution in [0.5, 0.6) is 11.5 Å². The van der Waals surface area contributed by atoms with E-state index in [1.807, 2.05) is 0 Å². The van der Waals surface area contributed by atoms with Crippen molar-refractivity contribution in [2.75, 3.05) is 0 Å². The Labute approximate surface area is 163 Å². The number of carbonyl (C=O) groups excluding carboxylic acids is 1. The average molecular weight is 436 g/mol. The smallest absolute Gasteiger partial charge is 0.485 e. The third-order valence-electron chi connectivity index (χ3n) is 4.23. The molecule has 0 saturated heterocycles. The zero-order chi connectivity index (χ0) is 20.6. The number of benzene rings is 2. The molecule has 2 aliphatic heterocycles. The lowest BCUT2D eigenvalue weighted by Crippen LogP contribution is -2.29. The molecule has 4 bridgehead atoms. The summed E-state index contributed by atoms with van der Waals surface area (Å²) in [6, 6.07) is 10.2. The Hall–Kier alpha value is -3.42. The highest BCUT2D eigenvalue weighted by Crippen LogP contribution is 2.42. The van der Waals surface area contributed by atoms with Gasteiger partial charge in [0.05, 0.1) is 16.6 Å². The maximum atomic E-state index is 12.8. The molecule has 1 aromatic heterocycles. The molecule has 0 radical (unpaired) electrons. The van der Waals surface area contributed by atoms with Crippen molar-refractivity contribution in [1.82, 2.24) is 4.73 Å². The fourth-order valence-electron chi connectivity index (χ4n) is 3.17. The van der Waals surface area contributed by atoms with E-state index in [0.717, 1.165) is 0 Å². The van der Waals surface area contributed by atoms with Crippen LogP contribution in [0.4, 0.5) is 5.69 Å². The van der Waals surface area contributed by atoms with Gasteiger partial charge in [0.1, 0.15) is 5.71 Å². The number of fused-ring (bicyclic) bond motifs is 1. The van der Waals surface area contributed by atoms with Gasteiger partial charge in [0.25, 0.3) is 0 Å². The minimum atomic E-state index is -5.21. The number of nitrogens with zero attached hydrogens (tertiary/aromatic N) is 2. The molecule has 0 fully saturated rings. The van der Waals surface area contributed by atoms with Crippen LogP contribution in [0.1, 0.15) is 16.1 Å². The van der Waals surface area contributed by atoms with Gasteiger partial charge in [-0.25, -0.2) is 4.99 Å². The molecule has 0 atom stereocenters. The van der Waals surface area contributed by atoms with Crippen LogP contribution in [0.25, 0.3) is 10.9 Å². The first-order valence-corrected chi connectivity index (χ1v) is 10.5. The molecule has 0 unspecified atom stereocenters. The number of ketones is 1. The van der Waals surface area contributed by atoms with Crippen molar-refractivity contribution in [3.8, 4) is 11.5 Å². The molecule has 2 aromatic carbocycles. The molecule has 1 N–H and O–H groups in total. The van der Waals surface area contributed by atoms with E-state index in [0.29, 0.717) is 10.4 Å². The number of aliphatic imine (C=N–C) groups is 1. The van der Waals surface area contributed by atoms with E-state index >= 15 is 0 Å². The molecule has 3 aromatic rings. The SMILES string of the molecule is O=C1C(c2c(O)c3c4cccc3n2OS(=O)(=O)OS(=O)(=O)O4)=Nc2ccccc21. The van der Waals surface area contributed by atoms with Gasteiger partial charge >= 0.3 is 20.8 Å². The summed E-state index contributed by atoms with van der Waals surface area (Å²) in [5, 5.41) is 10.6. The first-order valence-electron chi connectivity index (χ1n) is 7.86. The van der Waals surface area contributed by atoms with Crippen LogP contribution >= 0.6 is 0 Å². The lowest BCUT2D eigenvalue weighted by atomic mass is 10.1. The monoisotopic (exact) mass is 436 g/mol. The average Bonchev–Trinajstić information content (AvgIpc) is 3.09. The molecular formula is C16H8N2O9S2. The Kier molecular flexibility index (Phi) is 3.39. The number of rotatable bonds is 1. The second-order valence-electron chi connectivity index (χ2n) is 5.99. The van der Waals surface area contributed by atoms with Gasteiger partial charge in [0, 0.05) is 5.56 Å². The summed E-state index contributed by atoms with van der Waals surface area (Å²) in [6.07, 6.45) is 0. The Morgan fingerprint density at radius 1 is 0.966 bits per heavy atom. The molecule has 13 heteroatoms. The Balaban J connectivity index is 1.86. The van der Waals surface area contributed by atoms with Gasteiger partial charge in [-0.2, -0.15) is 21.6 Å². The van der Waals surface area contributed by atoms with Gasteiger partial charge < -0.3 is 9.29 Å². The highest BCUT2D eigenvalue weighted by Gasteiger charge is 2.38. The van der Waals surface area contributed by atoms with Gasteiger partial charge in [-0.15, -0.1) is 0 Å². The van der Waals surface area contributed by atoms with Crippen molar-refractivity contribution in [3.63, 3.8) is 0 Å². The van der Waals surface area contributed by atoms with E-state index in [1.54, 1.807) is 18.2 Å². The van der Waals surface area contributed by atoms with E-state index in [2.05, 4.69) is 12.8 Å². The Morgan fingerprint density at radius 2 is 1.72 bits per heavy atom. The van der Waals surface area contributed by atoms with Crippen molar-refractivity contribution in [2.24, 2.45) is 4.99 Å². The minimum absolute atomic E-state index is 0.0919. The lowest BCUT2D eigenvalue weighted by Gasteiger charge is -2.10. The molecule has 3 heterocycles. The molecule has 11 nitrogen and oxygen atoms in total. The van der Waals surface area contributed by atoms with Crippen LogP contribution in [0, 0.1) is 0 Å². The number of aromatic nitrogens is 1. The topological polar surface area (TPSA) is 151 Å². The van der Waals surface area contributed by atoms with Gasteiger partial charge in [-0.05, 0) is 24.3 Å². The van der Waals surface area contributed by atoms with Gasteiger partial charge in [0.2, 0.25) is 5.78 Å². The van der Waals surface area contributed by atoms with E-state index < -0.39 is 43.8 Å². The Bertz CT molecular complexity index is 1480. The molecule has 0 aliphatic carbocycles. The lowest BCUT2D eigenvalue weighted by molar-refractivity contribution is 0.106. The first-order chi connectivity index (χ1) is 13.7. The molecular weight excluding hydrogens is 428 g/mol. The predicted octanol–water partition coefficient (Wildman–Crippen LogP) is 0.991. The maximum absolute atomic E-state index is 12.8. The summed E-state index contributed by atoms with van der Waals surface area (Å²) < 4.78 is 61.8. The van der Waals surface area contributed by atoms with E-state index in [-0.39, 0.29) is 22.2 Å². The van der Waals surface area contributed by atoms with Crippen molar-refractivity contribution < 1.29 is 38.8 Å². The molecule has 0 spiro atoms. The molecule has 148 valence electrons. The molecule has 0 amide bonds. The van der Waals surface area contributed by atoms with Crippen molar-refractivity contribution in [2.45, 2.75) is 0 Å². The van der Waals surface area contributed by atoms with Crippen molar-refractivity contribution >= 4 is 48.9 Å². The maximum Gasteiger partial charge on any atom is 0.485 e. The van der Waals surface area contributed by atoms with Crippen LogP contribution in [-0.4, -0.2) is 38.2 Å². The standard InChI is InChI=1S/C16H8N2O9S2/c19-15-8-4-1-2-5-9(8)17-13(15)14-16(20)12-10-6-3-7-11(12)25-28(21,22)27-29(23,24)26-18(10)14/h1-7,20H. The second-order valence-corrected chi connectivity index (χ2v) is 8.48. The number of Topliss-reactive ketones (excluding diaryl/α,β-unsaturated/α-hetero) is 1. The second kappa shape index (κ2) is 5.56. The summed E-state index contributed by atoms with van der Waals surface area (Å²) >= 11 is 0. The van der Waals surface area contributed by atoms with Crippen molar-refractivity contribution in [1.29, 1.82) is 0 Å². The summed E-state index contributed by atoms with van der Waals surface area (Å²) in [6.45, 7) is 0. The van der Waals surface area contributed by atoms with E-state index in [1.165, 1.54) is 24.3 Å². The summed E-state index contributed by atoms with van der Waals surface area (Å²) in [4.78, 5) is 17.0. The fraction of sp³-hybridized carbons (Fsp3) is 0. The van der Waals surface area contributed by atoms with Gasteiger partial charge in [-0.1, -0.05) is 21.8 Å². The number of aromatic hydroxyl groups is 1. The quantitative estimate of drug-likeness (QED) is 0.589. The molecule has 2 aliphatic rings. The van der Waals surface area contributed by atoms with Crippen molar-refractivity contribution in [3.05, 3.63) is 53.7 Å². The third-order valence-corrected chi connectivity index (χ3v) is 6.28. The van der Waals surface area contributed by atoms with E-state index in [4.69, 9.17) is 4.28 Å². The minimum Gasteiger partial charge on any atom is -0.505 e. The van der Waals surface area contributed by atoms with Crippen LogP contribution in [0.2, 0.25) is 0 Å². The van der Waals surface area contributed by atoms with Crippen LogP contribution in [0.3, 0.4) is 0 Å². The molecule has 29 heavy (non-hydrogen) atoms. The predicted molar refractivity (Wildman–Crippen MR) is 96.7 cm³/mol. The largest absolute Gasteiger partial charge is 0.505 e. The normalized spacial score (nSPS) is 18.9. The van der Waals surface area contributed by atoms with Crippen LogP contribution < -0.4 is 8.47 Å². The molecule has 0 saturated carbocycles. The van der Waals surface area contributed by atoms with Crippen LogP contribution in [0.15, 0.2) is 47.5 Å². The molecule has 5 rings (SSSR count). The highest BCUT2D eigenvalue weighted by atomic mass is 32.3.